The Morgan fingerprint density at radius 2 is 2.10 bits per heavy atom. The fraction of sp³-hybridized carbons (Fsp3) is 0.750. The molecule has 0 saturated heterocycles. The van der Waals surface area contributed by atoms with Crippen LogP contribution in [0.4, 0.5) is 0 Å². The molecule has 0 radical (unpaired) electrons. The molecule has 0 aromatic carbocycles. The lowest BCUT2D eigenvalue weighted by molar-refractivity contribution is 0.909. The molecule has 0 aliphatic carbocycles. The Labute approximate surface area is 74.5 Å². The van der Waals surface area contributed by atoms with Crippen LogP contribution in [-0.2, 0) is 0 Å². The van der Waals surface area contributed by atoms with E-state index in [1.54, 1.807) is 5.20 Å². The van der Waals surface area contributed by atoms with Crippen LogP contribution in [0.1, 0.15) is 39.5 Å². The van der Waals surface area contributed by atoms with Gasteiger partial charge < -0.3 is 0 Å². The van der Waals surface area contributed by atoms with E-state index in [1.807, 2.05) is 0 Å². The first-order valence-electron chi connectivity index (χ1n) is 4.09. The fourth-order valence-electron chi connectivity index (χ4n) is 0.893. The summed E-state index contributed by atoms with van der Waals surface area (Å²) in [7, 11) is -0.0297. The summed E-state index contributed by atoms with van der Waals surface area (Å²) in [6, 6.07) is 0. The average molecular weight is 221 g/mol. The minimum absolute atomic E-state index is 0.0297. The molecule has 0 aromatic heterocycles. The van der Waals surface area contributed by atoms with E-state index >= 15 is 0 Å². The lowest BCUT2D eigenvalue weighted by atomic mass is 10.2. The summed E-state index contributed by atoms with van der Waals surface area (Å²) in [4.78, 5) is 0. The minimum atomic E-state index is -0.0297. The summed E-state index contributed by atoms with van der Waals surface area (Å²) in [5.41, 5.74) is 0. The molecule has 0 spiro atoms. The number of halogens is 1. The first-order chi connectivity index (χ1) is 4.85. The Bertz CT molecular complexity index is 99.4. The minimum Gasteiger partial charge on any atom is -0.130 e. The number of rotatable bonds is 5. The van der Waals surface area contributed by atoms with Crippen LogP contribution in [-0.4, -0.2) is 8.14 Å². The molecule has 0 fully saturated rings. The van der Waals surface area contributed by atoms with Crippen LogP contribution in [0.5, 0.6) is 0 Å². The maximum atomic E-state index is 3.62. The van der Waals surface area contributed by atoms with Crippen LogP contribution in [0.25, 0.3) is 0 Å². The van der Waals surface area contributed by atoms with Crippen molar-refractivity contribution >= 4 is 23.4 Å². The first kappa shape index (κ1) is 10.4. The van der Waals surface area contributed by atoms with Crippen LogP contribution >= 0.6 is 15.3 Å². The van der Waals surface area contributed by atoms with Crippen molar-refractivity contribution in [2.75, 3.05) is 0 Å². The van der Waals surface area contributed by atoms with Gasteiger partial charge >= 0.3 is 0 Å². The van der Waals surface area contributed by atoms with Gasteiger partial charge in [0.25, 0.3) is 0 Å². The van der Waals surface area contributed by atoms with Gasteiger partial charge in [0.2, 0.25) is 0 Å². The van der Waals surface area contributed by atoms with Crippen LogP contribution in [0.2, 0.25) is 0 Å². The van der Waals surface area contributed by atoms with E-state index in [0.717, 1.165) is 0 Å². The predicted molar refractivity (Wildman–Crippen MR) is 55.4 cm³/mol. The third-order valence-electron chi connectivity index (χ3n) is 1.46. The van der Waals surface area contributed by atoms with Crippen molar-refractivity contribution in [3.05, 3.63) is 11.3 Å². The Balaban J connectivity index is 3.55. The highest BCUT2D eigenvalue weighted by Crippen LogP contribution is 2.07. The fourth-order valence-corrected chi connectivity index (χ4v) is 3.22. The largest absolute Gasteiger partial charge is 0.130 e. The topological polar surface area (TPSA) is 0 Å². The molecule has 0 atom stereocenters. The van der Waals surface area contributed by atoms with Gasteiger partial charge in [-0.15, -0.1) is 15.3 Å². The second-order valence-electron chi connectivity index (χ2n) is 2.53. The number of allylic oxidation sites excluding steroid dienone is 2. The van der Waals surface area contributed by atoms with E-state index in [1.165, 1.54) is 25.7 Å². The molecule has 0 unspecified atom stereocenters. The van der Waals surface area contributed by atoms with Crippen LogP contribution in [0, 0.1) is 0 Å². The molecule has 0 aromatic rings. The normalized spacial score (nSPS) is 13.3. The maximum Gasteiger partial charge on any atom is 0.125 e. The smallest absolute Gasteiger partial charge is 0.125 e. The van der Waals surface area contributed by atoms with Crippen molar-refractivity contribution < 1.29 is 0 Å². The summed E-state index contributed by atoms with van der Waals surface area (Å²) in [5, 5.41) is 1.70. The summed E-state index contributed by atoms with van der Waals surface area (Å²) in [5.74, 6) is 0. The van der Waals surface area contributed by atoms with E-state index < -0.39 is 0 Å². The van der Waals surface area contributed by atoms with Crippen molar-refractivity contribution in [3.63, 3.8) is 0 Å². The van der Waals surface area contributed by atoms with Crippen LogP contribution < -0.4 is 0 Å². The Hall–Kier alpha value is 0.437. The molecule has 0 nitrogen and oxygen atoms in total. The van der Waals surface area contributed by atoms with Crippen LogP contribution in [0.3, 0.4) is 0 Å². The molecule has 2 heteroatoms. The molecule has 0 saturated carbocycles. The van der Waals surface area contributed by atoms with E-state index in [9.17, 15) is 0 Å². The first-order valence-corrected chi connectivity index (χ1v) is 8.69. The van der Waals surface area contributed by atoms with Gasteiger partial charge in [0.1, 0.15) is 8.14 Å². The molecule has 0 aliphatic heterocycles. The average Bonchev–Trinajstić information content (AvgIpc) is 1.98. The van der Waals surface area contributed by atoms with E-state index in [-0.39, 0.29) is 8.14 Å². The van der Waals surface area contributed by atoms with Gasteiger partial charge in [0.05, 0.1) is 0 Å². The number of hydrogen-bond donors (Lipinski definition) is 0. The maximum absolute atomic E-state index is 3.62. The predicted octanol–water partition coefficient (Wildman–Crippen LogP) is 2.95. The standard InChI is InChI=1S/C8H17BrSi/c1-3-5-7-8(10-9)6-4-2/h7H,3-6,10H2,1-2H3. The van der Waals surface area contributed by atoms with Crippen molar-refractivity contribution in [1.29, 1.82) is 0 Å². The molecule has 0 heterocycles. The summed E-state index contributed by atoms with van der Waals surface area (Å²) in [6.45, 7) is 4.48. The van der Waals surface area contributed by atoms with E-state index in [4.69, 9.17) is 0 Å². The summed E-state index contributed by atoms with van der Waals surface area (Å²) in [6.07, 6.45) is 7.60. The molecular weight excluding hydrogens is 204 g/mol. The molecule has 0 aliphatic rings. The van der Waals surface area contributed by atoms with Gasteiger partial charge in [0, 0.05) is 0 Å². The molecular formula is C8H17BrSi. The van der Waals surface area contributed by atoms with Crippen molar-refractivity contribution in [2.24, 2.45) is 0 Å². The highest BCUT2D eigenvalue weighted by Gasteiger charge is 1.91. The molecule has 10 heavy (non-hydrogen) atoms. The molecule has 60 valence electrons. The molecule has 0 bridgehead atoms. The van der Waals surface area contributed by atoms with E-state index in [2.05, 4.69) is 35.2 Å². The molecule has 0 amide bonds. The monoisotopic (exact) mass is 220 g/mol. The third-order valence-corrected chi connectivity index (χ3v) is 4.61. The second-order valence-corrected chi connectivity index (χ2v) is 5.39. The van der Waals surface area contributed by atoms with Crippen molar-refractivity contribution in [3.8, 4) is 0 Å². The summed E-state index contributed by atoms with van der Waals surface area (Å²) >= 11 is 3.62. The Kier molecular flexibility index (Phi) is 7.87. The lowest BCUT2D eigenvalue weighted by Crippen LogP contribution is -1.87. The zero-order valence-corrected chi connectivity index (χ0v) is 9.99. The Morgan fingerprint density at radius 1 is 1.40 bits per heavy atom. The molecule has 0 rings (SSSR count). The summed E-state index contributed by atoms with van der Waals surface area (Å²) < 4.78 is 0. The molecule has 0 N–H and O–H groups in total. The number of hydrogen-bond acceptors (Lipinski definition) is 0. The van der Waals surface area contributed by atoms with Crippen molar-refractivity contribution in [1.82, 2.24) is 0 Å². The van der Waals surface area contributed by atoms with Crippen LogP contribution in [0.15, 0.2) is 11.3 Å². The van der Waals surface area contributed by atoms with Gasteiger partial charge in [-0.25, -0.2) is 0 Å². The third kappa shape index (κ3) is 5.24. The SMILES string of the molecule is CCCC=C(CCC)[SiH2]Br. The van der Waals surface area contributed by atoms with Gasteiger partial charge in [-0.05, 0) is 12.8 Å². The zero-order valence-electron chi connectivity index (χ0n) is 6.99. The van der Waals surface area contributed by atoms with Gasteiger partial charge in [-0.2, -0.15) is 0 Å². The van der Waals surface area contributed by atoms with E-state index in [0.29, 0.717) is 0 Å². The second kappa shape index (κ2) is 7.54. The Morgan fingerprint density at radius 3 is 2.50 bits per heavy atom. The zero-order chi connectivity index (χ0) is 7.82. The van der Waals surface area contributed by atoms with Gasteiger partial charge in [0.15, 0.2) is 0 Å². The van der Waals surface area contributed by atoms with Gasteiger partial charge in [-0.1, -0.05) is 38.0 Å². The highest BCUT2D eigenvalue weighted by atomic mass is 79.9. The quantitative estimate of drug-likeness (QED) is 0.494. The lowest BCUT2D eigenvalue weighted by Gasteiger charge is -1.98. The van der Waals surface area contributed by atoms with Crippen molar-refractivity contribution in [2.45, 2.75) is 39.5 Å². The van der Waals surface area contributed by atoms with Gasteiger partial charge in [-0.3, -0.25) is 0 Å². The highest BCUT2D eigenvalue weighted by molar-refractivity contribution is 9.23. The number of unbranched alkanes of at least 4 members (excludes halogenated alkanes) is 1.